The summed E-state index contributed by atoms with van der Waals surface area (Å²) in [5, 5.41) is 9.37. The number of carbonyl (C=O) groups excluding carboxylic acids is 1. The van der Waals surface area contributed by atoms with Crippen LogP contribution in [0.25, 0.3) is 0 Å². The molecule has 0 bridgehead atoms. The number of nitrogens with zero attached hydrogens (tertiary/aromatic N) is 2. The van der Waals surface area contributed by atoms with Gasteiger partial charge in [0.1, 0.15) is 17.5 Å². The molecular weight excluding hydrogens is 428 g/mol. The van der Waals surface area contributed by atoms with Crippen LogP contribution in [0.3, 0.4) is 0 Å². The number of nitrogens with one attached hydrogen (secondary N) is 2. The number of hydrogen-bond acceptors (Lipinski definition) is 6. The van der Waals surface area contributed by atoms with E-state index in [0.29, 0.717) is 11.5 Å². The van der Waals surface area contributed by atoms with Crippen molar-refractivity contribution in [3.8, 4) is 11.8 Å². The van der Waals surface area contributed by atoms with Crippen LogP contribution in [0.1, 0.15) is 37.9 Å². The number of hydrogen-bond donors (Lipinski definition) is 3. The summed E-state index contributed by atoms with van der Waals surface area (Å²) in [7, 11) is 1.48. The van der Waals surface area contributed by atoms with E-state index < -0.39 is 18.4 Å². The summed E-state index contributed by atoms with van der Waals surface area (Å²) in [6.45, 7) is 3.39. The van der Waals surface area contributed by atoms with Gasteiger partial charge in [-0.05, 0) is 32.8 Å². The average molecular weight is 454 g/mol. The third kappa shape index (κ3) is 7.81. The number of amides is 1. The molecule has 1 saturated carbocycles. The van der Waals surface area contributed by atoms with Gasteiger partial charge in [-0.1, -0.05) is 28.6 Å². The Bertz CT molecular complexity index is 905. The van der Waals surface area contributed by atoms with Crippen molar-refractivity contribution in [1.29, 1.82) is 0 Å². The fraction of sp³-hybridized carbons (Fsp3) is 0.476. The molecule has 31 heavy (non-hydrogen) atoms. The van der Waals surface area contributed by atoms with Crippen LogP contribution >= 0.6 is 11.6 Å². The third-order valence-corrected chi connectivity index (χ3v) is 4.38. The highest BCUT2D eigenvalue weighted by atomic mass is 35.5. The van der Waals surface area contributed by atoms with E-state index in [1.54, 1.807) is 26.1 Å². The number of nitrogens with two attached hydrogens (primary N) is 1. The normalized spacial score (nSPS) is 15.4. The Labute approximate surface area is 185 Å². The number of pyridine rings is 1. The van der Waals surface area contributed by atoms with Crippen LogP contribution in [-0.4, -0.2) is 48.8 Å². The zero-order chi connectivity index (χ0) is 23.0. The zero-order valence-corrected chi connectivity index (χ0v) is 18.3. The van der Waals surface area contributed by atoms with Crippen LogP contribution in [0.15, 0.2) is 29.2 Å². The van der Waals surface area contributed by atoms with Gasteiger partial charge in [0.2, 0.25) is 0 Å². The van der Waals surface area contributed by atoms with Crippen LogP contribution in [0, 0.1) is 17.8 Å². The smallest absolute Gasteiger partial charge is 0.257 e. The minimum atomic E-state index is -2.90. The number of carbonyl (C=O) groups is 1. The maximum absolute atomic E-state index is 13.0. The molecule has 2 rings (SSSR count). The molecule has 4 N–H and O–H groups in total. The average Bonchev–Trinajstić information content (AvgIpc) is 3.54. The number of halogens is 3. The molecule has 0 saturated heterocycles. The first-order valence-electron chi connectivity index (χ1n) is 9.82. The molecule has 0 spiro atoms. The SMILES string of the molecule is CN/C=C(/C(=O)NC/C(=N/OC(C)C)c1ncc(C#CC2CC2)cc1Cl)C(N)C(F)F. The first-order valence-corrected chi connectivity index (χ1v) is 10.2. The van der Waals surface area contributed by atoms with Gasteiger partial charge >= 0.3 is 0 Å². The quantitative estimate of drug-likeness (QED) is 0.231. The Hall–Kier alpha value is -2.70. The van der Waals surface area contributed by atoms with Gasteiger partial charge in [0, 0.05) is 30.9 Å². The van der Waals surface area contributed by atoms with Gasteiger partial charge in [0.05, 0.1) is 23.2 Å². The standard InChI is InChI=1S/C21H26ClF2N5O2/c1-12(2)31-29-17(11-28-21(30)15(10-26-3)18(25)20(23)24)19-16(22)8-14(9-27-19)7-6-13-4-5-13/h8-10,12-13,18,20,26H,4-5,11,25H2,1-3H3,(H,28,30)/b15-10+,29-17-. The van der Waals surface area contributed by atoms with E-state index in [1.807, 2.05) is 0 Å². The highest BCUT2D eigenvalue weighted by Crippen LogP contribution is 2.27. The summed E-state index contributed by atoms with van der Waals surface area (Å²) in [4.78, 5) is 22.1. The fourth-order valence-corrected chi connectivity index (χ4v) is 2.61. The summed E-state index contributed by atoms with van der Waals surface area (Å²) >= 11 is 6.37. The van der Waals surface area contributed by atoms with Gasteiger partial charge in [0.15, 0.2) is 0 Å². The Morgan fingerprint density at radius 1 is 1.48 bits per heavy atom. The van der Waals surface area contributed by atoms with Gasteiger partial charge in [0.25, 0.3) is 12.3 Å². The van der Waals surface area contributed by atoms with Crippen molar-refractivity contribution in [3.63, 3.8) is 0 Å². The molecule has 1 aliphatic carbocycles. The molecule has 0 radical (unpaired) electrons. The number of aromatic nitrogens is 1. The highest BCUT2D eigenvalue weighted by molar-refractivity contribution is 6.34. The van der Waals surface area contributed by atoms with Gasteiger partial charge < -0.3 is 21.2 Å². The van der Waals surface area contributed by atoms with Crippen molar-refractivity contribution in [1.82, 2.24) is 15.6 Å². The molecule has 0 aromatic carbocycles. The predicted octanol–water partition coefficient (Wildman–Crippen LogP) is 2.44. The minimum absolute atomic E-state index is 0.164. The predicted molar refractivity (Wildman–Crippen MR) is 116 cm³/mol. The molecule has 1 fully saturated rings. The zero-order valence-electron chi connectivity index (χ0n) is 17.6. The van der Waals surface area contributed by atoms with Gasteiger partial charge in [-0.25, -0.2) is 8.78 Å². The van der Waals surface area contributed by atoms with Crippen molar-refractivity contribution in [2.24, 2.45) is 16.8 Å². The van der Waals surface area contributed by atoms with Crippen LogP contribution in [0.4, 0.5) is 8.78 Å². The van der Waals surface area contributed by atoms with Crippen molar-refractivity contribution >= 4 is 23.2 Å². The highest BCUT2D eigenvalue weighted by Gasteiger charge is 2.26. The lowest BCUT2D eigenvalue weighted by atomic mass is 10.1. The van der Waals surface area contributed by atoms with Crippen molar-refractivity contribution < 1.29 is 18.4 Å². The van der Waals surface area contributed by atoms with E-state index in [4.69, 9.17) is 22.2 Å². The van der Waals surface area contributed by atoms with Crippen molar-refractivity contribution in [2.45, 2.75) is 45.3 Å². The van der Waals surface area contributed by atoms with Gasteiger partial charge in [-0.3, -0.25) is 9.78 Å². The van der Waals surface area contributed by atoms with E-state index >= 15 is 0 Å². The first kappa shape index (κ1) is 24.6. The second kappa shape index (κ2) is 11.6. The third-order valence-electron chi connectivity index (χ3n) is 4.10. The molecule has 1 aromatic rings. The molecular formula is C21H26ClF2N5O2. The summed E-state index contributed by atoms with van der Waals surface area (Å²) in [5.41, 5.74) is 6.32. The molecule has 168 valence electrons. The molecule has 1 amide bonds. The van der Waals surface area contributed by atoms with E-state index in [9.17, 15) is 13.6 Å². The largest absolute Gasteiger partial charge is 0.394 e. The van der Waals surface area contributed by atoms with E-state index in [0.717, 1.165) is 19.0 Å². The maximum Gasteiger partial charge on any atom is 0.257 e. The lowest BCUT2D eigenvalue weighted by molar-refractivity contribution is -0.117. The van der Waals surface area contributed by atoms with Crippen molar-refractivity contribution in [3.05, 3.63) is 40.3 Å². The minimum Gasteiger partial charge on any atom is -0.394 e. The lowest BCUT2D eigenvalue weighted by Gasteiger charge is -2.16. The Kier molecular flexibility index (Phi) is 9.21. The maximum atomic E-state index is 13.0. The topological polar surface area (TPSA) is 102 Å². The van der Waals surface area contributed by atoms with Crippen LogP contribution in [0.2, 0.25) is 5.02 Å². The number of alkyl halides is 2. The fourth-order valence-electron chi connectivity index (χ4n) is 2.33. The molecule has 1 aromatic heterocycles. The second-order valence-electron chi connectivity index (χ2n) is 7.22. The summed E-state index contributed by atoms with van der Waals surface area (Å²) in [6.07, 6.45) is 1.76. The molecule has 0 aliphatic heterocycles. The van der Waals surface area contributed by atoms with Crippen LogP contribution in [-0.2, 0) is 9.63 Å². The van der Waals surface area contributed by atoms with Crippen molar-refractivity contribution in [2.75, 3.05) is 13.6 Å². The summed E-state index contributed by atoms with van der Waals surface area (Å²) in [5.74, 6) is 5.82. The molecule has 1 unspecified atom stereocenters. The molecule has 10 heteroatoms. The van der Waals surface area contributed by atoms with E-state index in [1.165, 1.54) is 7.05 Å². The lowest BCUT2D eigenvalue weighted by Crippen LogP contribution is -2.41. The van der Waals surface area contributed by atoms with Gasteiger partial charge in [-0.15, -0.1) is 0 Å². The summed E-state index contributed by atoms with van der Waals surface area (Å²) in [6, 6.07) is -0.0869. The molecule has 1 heterocycles. The first-order chi connectivity index (χ1) is 14.7. The summed E-state index contributed by atoms with van der Waals surface area (Å²) < 4.78 is 26.0. The number of oxime groups is 1. The van der Waals surface area contributed by atoms with E-state index in [2.05, 4.69) is 32.6 Å². The Morgan fingerprint density at radius 3 is 2.74 bits per heavy atom. The molecule has 7 nitrogen and oxygen atoms in total. The van der Waals surface area contributed by atoms with Gasteiger partial charge in [-0.2, -0.15) is 0 Å². The monoisotopic (exact) mass is 453 g/mol. The Morgan fingerprint density at radius 2 is 2.19 bits per heavy atom. The van der Waals surface area contributed by atoms with Crippen LogP contribution in [0.5, 0.6) is 0 Å². The second-order valence-corrected chi connectivity index (χ2v) is 7.63. The van der Waals surface area contributed by atoms with Crippen LogP contribution < -0.4 is 16.4 Å². The molecule has 1 atom stereocenters. The molecule has 1 aliphatic rings. The Balaban J connectivity index is 2.21. The number of rotatable bonds is 9. The van der Waals surface area contributed by atoms with E-state index in [-0.39, 0.29) is 34.7 Å².